The minimum absolute atomic E-state index is 0.139. The summed E-state index contributed by atoms with van der Waals surface area (Å²) in [4.78, 5) is 10.3. The van der Waals surface area contributed by atoms with Crippen LogP contribution < -0.4 is 4.74 Å². The molecule has 0 aliphatic carbocycles. The van der Waals surface area contributed by atoms with Gasteiger partial charge in [0.2, 0.25) is 11.2 Å². The molecule has 0 atom stereocenters. The zero-order valence-corrected chi connectivity index (χ0v) is 13.9. The Balaban J connectivity index is 2.11. The molecule has 0 bridgehead atoms. The number of aryl methyl sites for hydroxylation is 1. The van der Waals surface area contributed by atoms with Crippen molar-refractivity contribution in [1.29, 1.82) is 0 Å². The predicted octanol–water partition coefficient (Wildman–Crippen LogP) is 6.01. The third-order valence-corrected chi connectivity index (χ3v) is 4.72. The monoisotopic (exact) mass is 358 g/mol. The third-order valence-electron chi connectivity index (χ3n) is 2.83. The minimum Gasteiger partial charge on any atom is -0.437 e. The van der Waals surface area contributed by atoms with Crippen molar-refractivity contribution >= 4 is 56.4 Å². The fourth-order valence-electron chi connectivity index (χ4n) is 1.83. The van der Waals surface area contributed by atoms with Crippen molar-refractivity contribution in [1.82, 2.24) is 9.97 Å². The van der Waals surface area contributed by atoms with Gasteiger partial charge in [0.1, 0.15) is 10.6 Å². The Hall–Kier alpha value is -1.07. The number of halogens is 3. The van der Waals surface area contributed by atoms with Crippen LogP contribution in [-0.2, 0) is 6.42 Å². The Labute approximate surface area is 140 Å². The van der Waals surface area contributed by atoms with Crippen molar-refractivity contribution < 1.29 is 4.74 Å². The van der Waals surface area contributed by atoms with E-state index in [1.54, 1.807) is 29.5 Å². The number of benzene rings is 1. The summed E-state index contributed by atoms with van der Waals surface area (Å²) in [5.41, 5.74) is 0. The fourth-order valence-corrected chi connectivity index (χ4v) is 3.32. The van der Waals surface area contributed by atoms with Crippen LogP contribution in [0, 0.1) is 0 Å². The number of fused-ring (bicyclic) bond motifs is 1. The van der Waals surface area contributed by atoms with E-state index in [1.165, 1.54) is 4.88 Å². The topological polar surface area (TPSA) is 35.0 Å². The van der Waals surface area contributed by atoms with E-state index in [0.717, 1.165) is 16.6 Å². The van der Waals surface area contributed by atoms with Gasteiger partial charge in [-0.25, -0.2) is 4.98 Å². The summed E-state index contributed by atoms with van der Waals surface area (Å²) in [6.07, 6.45) is 0.913. The van der Waals surface area contributed by atoms with Crippen molar-refractivity contribution in [2.75, 3.05) is 0 Å². The van der Waals surface area contributed by atoms with Crippen LogP contribution in [0.1, 0.15) is 11.8 Å². The van der Waals surface area contributed by atoms with Crippen LogP contribution >= 0.6 is 46.1 Å². The van der Waals surface area contributed by atoms with Gasteiger partial charge in [-0.05, 0) is 36.2 Å². The average Bonchev–Trinajstić information content (AvgIpc) is 2.86. The van der Waals surface area contributed by atoms with Gasteiger partial charge in [0.05, 0.1) is 10.4 Å². The molecule has 1 aromatic carbocycles. The number of hydrogen-bond acceptors (Lipinski definition) is 4. The van der Waals surface area contributed by atoms with Gasteiger partial charge in [-0.3, -0.25) is 0 Å². The third kappa shape index (κ3) is 3.09. The van der Waals surface area contributed by atoms with Crippen LogP contribution in [-0.4, -0.2) is 9.97 Å². The van der Waals surface area contributed by atoms with E-state index >= 15 is 0 Å². The maximum atomic E-state index is 6.11. The van der Waals surface area contributed by atoms with Gasteiger partial charge in [-0.1, -0.05) is 30.1 Å². The molecule has 0 unspecified atom stereocenters. The average molecular weight is 360 g/mol. The Kier molecular flexibility index (Phi) is 4.22. The molecule has 2 aromatic heterocycles. The molecule has 0 N–H and O–H groups in total. The summed E-state index contributed by atoms with van der Waals surface area (Å²) in [7, 11) is 0. The molecule has 0 aliphatic rings. The van der Waals surface area contributed by atoms with Gasteiger partial charge in [0.15, 0.2) is 0 Å². The molecule has 0 amide bonds. The molecule has 0 saturated heterocycles. The first-order valence-electron chi connectivity index (χ1n) is 6.15. The smallest absolute Gasteiger partial charge is 0.232 e. The summed E-state index contributed by atoms with van der Waals surface area (Å²) in [5, 5.41) is 1.94. The van der Waals surface area contributed by atoms with Crippen LogP contribution in [0.5, 0.6) is 11.6 Å². The van der Waals surface area contributed by atoms with Gasteiger partial charge in [-0.15, -0.1) is 11.3 Å². The second kappa shape index (κ2) is 5.97. The van der Waals surface area contributed by atoms with E-state index in [9.17, 15) is 0 Å². The normalized spacial score (nSPS) is 11.0. The molecule has 0 spiro atoms. The number of nitrogens with zero attached hydrogens (tertiary/aromatic N) is 2. The quantitative estimate of drug-likeness (QED) is 0.537. The maximum absolute atomic E-state index is 6.11. The number of ether oxygens (including phenoxy) is 1. The van der Waals surface area contributed by atoms with E-state index in [2.05, 4.69) is 16.9 Å². The highest BCUT2D eigenvalue weighted by Gasteiger charge is 2.14. The molecule has 0 aliphatic heterocycles. The van der Waals surface area contributed by atoms with E-state index in [0.29, 0.717) is 21.7 Å². The van der Waals surface area contributed by atoms with E-state index in [-0.39, 0.29) is 5.28 Å². The molecule has 3 aromatic rings. The maximum Gasteiger partial charge on any atom is 0.232 e. The van der Waals surface area contributed by atoms with Crippen LogP contribution in [0.15, 0.2) is 24.3 Å². The molecule has 0 fully saturated rings. The zero-order valence-electron chi connectivity index (χ0n) is 10.9. The largest absolute Gasteiger partial charge is 0.437 e. The SMILES string of the molecule is CCc1cc2c(Oc3cc(Cl)ccc3Cl)nc(Cl)nc2s1. The van der Waals surface area contributed by atoms with Crippen LogP contribution in [0.3, 0.4) is 0 Å². The molecule has 2 heterocycles. The molecular formula is C14H9Cl3N2OS. The van der Waals surface area contributed by atoms with Crippen molar-refractivity contribution in [2.24, 2.45) is 0 Å². The Morgan fingerprint density at radius 2 is 1.95 bits per heavy atom. The second-order valence-corrected chi connectivity index (χ2v) is 6.56. The van der Waals surface area contributed by atoms with Crippen LogP contribution in [0.2, 0.25) is 15.3 Å². The molecule has 7 heteroatoms. The lowest BCUT2D eigenvalue weighted by Gasteiger charge is -2.08. The lowest BCUT2D eigenvalue weighted by molar-refractivity contribution is 0.469. The van der Waals surface area contributed by atoms with Gasteiger partial charge >= 0.3 is 0 Å². The molecular weight excluding hydrogens is 351 g/mol. The number of rotatable bonds is 3. The van der Waals surface area contributed by atoms with Crippen LogP contribution in [0.25, 0.3) is 10.2 Å². The van der Waals surface area contributed by atoms with Gasteiger partial charge in [0, 0.05) is 16.0 Å². The molecule has 0 saturated carbocycles. The Bertz CT molecular complexity index is 819. The molecule has 3 nitrogen and oxygen atoms in total. The first kappa shape index (κ1) is 14.9. The number of thiophene rings is 1. The number of aromatic nitrogens is 2. The summed E-state index contributed by atoms with van der Waals surface area (Å²) in [5.74, 6) is 0.814. The highest BCUT2D eigenvalue weighted by atomic mass is 35.5. The lowest BCUT2D eigenvalue weighted by atomic mass is 10.3. The van der Waals surface area contributed by atoms with Crippen LogP contribution in [0.4, 0.5) is 0 Å². The molecule has 108 valence electrons. The van der Waals surface area contributed by atoms with Gasteiger partial charge in [-0.2, -0.15) is 4.98 Å². The summed E-state index contributed by atoms with van der Waals surface area (Å²) < 4.78 is 5.80. The molecule has 21 heavy (non-hydrogen) atoms. The minimum atomic E-state index is 0.139. The standard InChI is InChI=1S/C14H9Cl3N2OS/c1-2-8-6-9-12(18-14(17)19-13(9)21-8)20-11-5-7(15)3-4-10(11)16/h3-6H,2H2,1H3. The predicted molar refractivity (Wildman–Crippen MR) is 88.3 cm³/mol. The fraction of sp³-hybridized carbons (Fsp3) is 0.143. The highest BCUT2D eigenvalue weighted by Crippen LogP contribution is 2.37. The second-order valence-electron chi connectivity index (χ2n) is 4.26. The van der Waals surface area contributed by atoms with Gasteiger partial charge in [0.25, 0.3) is 0 Å². The highest BCUT2D eigenvalue weighted by molar-refractivity contribution is 7.18. The summed E-state index contributed by atoms with van der Waals surface area (Å²) in [6.45, 7) is 2.08. The van der Waals surface area contributed by atoms with Crippen molar-refractivity contribution in [3.63, 3.8) is 0 Å². The first-order chi connectivity index (χ1) is 10.1. The number of hydrogen-bond donors (Lipinski definition) is 0. The van der Waals surface area contributed by atoms with E-state index < -0.39 is 0 Å². The summed E-state index contributed by atoms with van der Waals surface area (Å²) in [6, 6.07) is 7.01. The van der Waals surface area contributed by atoms with E-state index in [1.807, 2.05) is 6.07 Å². The zero-order chi connectivity index (χ0) is 15.0. The Morgan fingerprint density at radius 3 is 2.71 bits per heavy atom. The van der Waals surface area contributed by atoms with Crippen molar-refractivity contribution in [3.05, 3.63) is 44.5 Å². The van der Waals surface area contributed by atoms with Crippen molar-refractivity contribution in [2.45, 2.75) is 13.3 Å². The molecule has 0 radical (unpaired) electrons. The summed E-state index contributed by atoms with van der Waals surface area (Å²) >= 11 is 19.6. The van der Waals surface area contributed by atoms with Crippen molar-refractivity contribution in [3.8, 4) is 11.6 Å². The Morgan fingerprint density at radius 1 is 1.14 bits per heavy atom. The first-order valence-corrected chi connectivity index (χ1v) is 8.10. The van der Waals surface area contributed by atoms with E-state index in [4.69, 9.17) is 39.5 Å². The molecule has 3 rings (SSSR count). The lowest BCUT2D eigenvalue weighted by Crippen LogP contribution is -1.91. The van der Waals surface area contributed by atoms with Gasteiger partial charge < -0.3 is 4.74 Å².